The molecule has 0 saturated heterocycles. The van der Waals surface area contributed by atoms with E-state index in [9.17, 15) is 0 Å². The van der Waals surface area contributed by atoms with Gasteiger partial charge in [-0.3, -0.25) is 4.98 Å². The SMILES string of the molecule is Cl.Cl.c1cc(CNC23CC4CC(CC(C4)C2)C3)ccn1. The second kappa shape index (κ2) is 6.21. The average molecular weight is 315 g/mol. The van der Waals surface area contributed by atoms with Crippen molar-refractivity contribution >= 4 is 24.8 Å². The van der Waals surface area contributed by atoms with Crippen LogP contribution in [-0.2, 0) is 6.54 Å². The third-order valence-corrected chi connectivity index (χ3v) is 5.46. The molecule has 20 heavy (non-hydrogen) atoms. The molecule has 4 bridgehead atoms. The minimum atomic E-state index is 0. The van der Waals surface area contributed by atoms with Crippen molar-refractivity contribution in [1.29, 1.82) is 0 Å². The zero-order valence-electron chi connectivity index (χ0n) is 11.8. The number of hydrogen-bond acceptors (Lipinski definition) is 2. The predicted molar refractivity (Wildman–Crippen MR) is 86.5 cm³/mol. The Labute approximate surface area is 134 Å². The van der Waals surface area contributed by atoms with Gasteiger partial charge >= 0.3 is 0 Å². The lowest BCUT2D eigenvalue weighted by atomic mass is 9.53. The lowest BCUT2D eigenvalue weighted by molar-refractivity contribution is -0.0206. The molecule has 4 aliphatic rings. The first-order valence-corrected chi connectivity index (χ1v) is 7.45. The van der Waals surface area contributed by atoms with Gasteiger partial charge in [-0.25, -0.2) is 0 Å². The molecule has 1 heterocycles. The first kappa shape index (κ1) is 16.1. The largest absolute Gasteiger partial charge is 0.307 e. The number of halogens is 2. The number of nitrogens with zero attached hydrogens (tertiary/aromatic N) is 1. The molecule has 0 aliphatic heterocycles. The summed E-state index contributed by atoms with van der Waals surface area (Å²) >= 11 is 0. The molecule has 1 aromatic rings. The van der Waals surface area contributed by atoms with Crippen LogP contribution in [0.1, 0.15) is 44.1 Å². The van der Waals surface area contributed by atoms with Crippen molar-refractivity contribution in [2.75, 3.05) is 0 Å². The summed E-state index contributed by atoms with van der Waals surface area (Å²) in [5, 5.41) is 3.92. The van der Waals surface area contributed by atoms with Gasteiger partial charge in [-0.05, 0) is 74.0 Å². The second-order valence-electron chi connectivity index (χ2n) is 6.91. The van der Waals surface area contributed by atoms with Gasteiger partial charge in [0.05, 0.1) is 0 Å². The summed E-state index contributed by atoms with van der Waals surface area (Å²) in [4.78, 5) is 4.09. The molecule has 4 heteroatoms. The first-order valence-electron chi connectivity index (χ1n) is 7.45. The Bertz CT molecular complexity index is 400. The molecule has 4 saturated carbocycles. The molecule has 0 amide bonds. The van der Waals surface area contributed by atoms with Crippen LogP contribution >= 0.6 is 24.8 Å². The normalized spacial score (nSPS) is 37.1. The molecule has 0 radical (unpaired) electrons. The molecule has 0 aromatic carbocycles. The minimum Gasteiger partial charge on any atom is -0.307 e. The summed E-state index contributed by atoms with van der Waals surface area (Å²) in [6.45, 7) is 1.02. The van der Waals surface area contributed by atoms with E-state index < -0.39 is 0 Å². The Hall–Kier alpha value is -0.310. The first-order chi connectivity index (χ1) is 8.81. The third kappa shape index (κ3) is 2.98. The van der Waals surface area contributed by atoms with E-state index in [0.717, 1.165) is 24.3 Å². The van der Waals surface area contributed by atoms with E-state index in [1.807, 2.05) is 12.4 Å². The Morgan fingerprint density at radius 2 is 1.45 bits per heavy atom. The summed E-state index contributed by atoms with van der Waals surface area (Å²) < 4.78 is 0. The minimum absolute atomic E-state index is 0. The van der Waals surface area contributed by atoms with Crippen molar-refractivity contribution in [3.63, 3.8) is 0 Å². The summed E-state index contributed by atoms with van der Waals surface area (Å²) in [6, 6.07) is 4.26. The highest BCUT2D eigenvalue weighted by Crippen LogP contribution is 2.55. The Kier molecular flexibility index (Phi) is 4.99. The summed E-state index contributed by atoms with van der Waals surface area (Å²) in [6.07, 6.45) is 12.7. The summed E-state index contributed by atoms with van der Waals surface area (Å²) in [5.74, 6) is 3.09. The van der Waals surface area contributed by atoms with Crippen molar-refractivity contribution < 1.29 is 0 Å². The molecule has 5 rings (SSSR count). The number of hydrogen-bond donors (Lipinski definition) is 1. The molecule has 1 N–H and O–H groups in total. The number of aromatic nitrogens is 1. The summed E-state index contributed by atoms with van der Waals surface area (Å²) in [7, 11) is 0. The van der Waals surface area contributed by atoms with Crippen LogP contribution in [0.25, 0.3) is 0 Å². The fraction of sp³-hybridized carbons (Fsp3) is 0.688. The molecule has 0 unspecified atom stereocenters. The zero-order chi connectivity index (χ0) is 12.0. The van der Waals surface area contributed by atoms with Gasteiger partial charge in [0, 0.05) is 24.5 Å². The topological polar surface area (TPSA) is 24.9 Å². The molecular weight excluding hydrogens is 291 g/mol. The molecule has 4 fully saturated rings. The van der Waals surface area contributed by atoms with Crippen LogP contribution < -0.4 is 5.32 Å². The standard InChI is InChI=1S/C16H22N2.2ClH/c1-3-17-4-2-12(1)11-18-16-8-13-5-14(9-16)7-15(6-13)10-16;;/h1-4,13-15,18H,5-11H2;2*1H. The molecule has 112 valence electrons. The fourth-order valence-electron chi connectivity index (χ4n) is 5.12. The second-order valence-corrected chi connectivity index (χ2v) is 6.91. The van der Waals surface area contributed by atoms with Gasteiger partial charge in [0.2, 0.25) is 0 Å². The molecule has 0 spiro atoms. The van der Waals surface area contributed by atoms with Crippen LogP contribution in [0.4, 0.5) is 0 Å². The van der Waals surface area contributed by atoms with E-state index in [4.69, 9.17) is 0 Å². The maximum atomic E-state index is 4.09. The van der Waals surface area contributed by atoms with Gasteiger partial charge in [-0.2, -0.15) is 0 Å². The van der Waals surface area contributed by atoms with Crippen molar-refractivity contribution in [3.8, 4) is 0 Å². The lowest BCUT2D eigenvalue weighted by Gasteiger charge is -2.57. The van der Waals surface area contributed by atoms with Gasteiger partial charge in [0.25, 0.3) is 0 Å². The van der Waals surface area contributed by atoms with Gasteiger partial charge < -0.3 is 5.32 Å². The monoisotopic (exact) mass is 314 g/mol. The van der Waals surface area contributed by atoms with Crippen molar-refractivity contribution in [2.24, 2.45) is 17.8 Å². The van der Waals surface area contributed by atoms with E-state index in [1.54, 1.807) is 0 Å². The van der Waals surface area contributed by atoms with E-state index >= 15 is 0 Å². The third-order valence-electron chi connectivity index (χ3n) is 5.46. The Morgan fingerprint density at radius 3 is 1.95 bits per heavy atom. The van der Waals surface area contributed by atoms with E-state index in [1.165, 1.54) is 44.1 Å². The van der Waals surface area contributed by atoms with Gasteiger partial charge in [-0.1, -0.05) is 0 Å². The van der Waals surface area contributed by atoms with Gasteiger partial charge in [-0.15, -0.1) is 24.8 Å². The fourth-order valence-corrected chi connectivity index (χ4v) is 5.12. The maximum absolute atomic E-state index is 4.09. The lowest BCUT2D eigenvalue weighted by Crippen LogP contribution is -2.58. The van der Waals surface area contributed by atoms with Crippen LogP contribution in [-0.4, -0.2) is 10.5 Å². The van der Waals surface area contributed by atoms with Crippen molar-refractivity contribution in [1.82, 2.24) is 10.3 Å². The highest BCUT2D eigenvalue weighted by molar-refractivity contribution is 5.85. The summed E-state index contributed by atoms with van der Waals surface area (Å²) in [5.41, 5.74) is 1.86. The van der Waals surface area contributed by atoms with Crippen LogP contribution in [0.15, 0.2) is 24.5 Å². The number of pyridine rings is 1. The zero-order valence-corrected chi connectivity index (χ0v) is 13.4. The highest BCUT2D eigenvalue weighted by atomic mass is 35.5. The molecule has 0 atom stereocenters. The number of nitrogens with one attached hydrogen (secondary N) is 1. The van der Waals surface area contributed by atoms with Crippen LogP contribution in [0.5, 0.6) is 0 Å². The maximum Gasteiger partial charge on any atom is 0.0271 e. The molecule has 2 nitrogen and oxygen atoms in total. The van der Waals surface area contributed by atoms with Crippen LogP contribution in [0.2, 0.25) is 0 Å². The van der Waals surface area contributed by atoms with E-state index in [-0.39, 0.29) is 24.8 Å². The van der Waals surface area contributed by atoms with E-state index in [2.05, 4.69) is 22.4 Å². The van der Waals surface area contributed by atoms with Gasteiger partial charge in [0.1, 0.15) is 0 Å². The molecule has 1 aromatic heterocycles. The van der Waals surface area contributed by atoms with Crippen LogP contribution in [0, 0.1) is 17.8 Å². The Balaban J connectivity index is 0.000000735. The predicted octanol–water partition coefficient (Wildman–Crippen LogP) is 3.98. The smallest absolute Gasteiger partial charge is 0.0271 e. The molecule has 4 aliphatic carbocycles. The van der Waals surface area contributed by atoms with Crippen molar-refractivity contribution in [2.45, 2.75) is 50.6 Å². The molecular formula is C16H24Cl2N2. The quantitative estimate of drug-likeness (QED) is 0.912. The van der Waals surface area contributed by atoms with Gasteiger partial charge in [0.15, 0.2) is 0 Å². The van der Waals surface area contributed by atoms with Crippen molar-refractivity contribution in [3.05, 3.63) is 30.1 Å². The number of rotatable bonds is 3. The Morgan fingerprint density at radius 1 is 0.950 bits per heavy atom. The van der Waals surface area contributed by atoms with E-state index in [0.29, 0.717) is 5.54 Å². The van der Waals surface area contributed by atoms with Crippen LogP contribution in [0.3, 0.4) is 0 Å². The average Bonchev–Trinajstić information content (AvgIpc) is 2.36. The highest BCUT2D eigenvalue weighted by Gasteiger charge is 2.50.